The summed E-state index contributed by atoms with van der Waals surface area (Å²) in [6.07, 6.45) is 0. The SMILES string of the molecule is COc1ccc(C(C)CNc2ccc(C(=O)NC(C)C)cc2C)cc1. The molecule has 1 unspecified atom stereocenters. The average Bonchev–Trinajstić information content (AvgIpc) is 2.59. The van der Waals surface area contributed by atoms with Gasteiger partial charge in [-0.25, -0.2) is 0 Å². The van der Waals surface area contributed by atoms with Crippen LogP contribution in [0.5, 0.6) is 5.75 Å². The highest BCUT2D eigenvalue weighted by Gasteiger charge is 2.10. The third-order valence-electron chi connectivity index (χ3n) is 4.19. The van der Waals surface area contributed by atoms with Crippen molar-refractivity contribution < 1.29 is 9.53 Å². The van der Waals surface area contributed by atoms with Crippen LogP contribution in [0.4, 0.5) is 5.69 Å². The number of methoxy groups -OCH3 is 1. The third kappa shape index (κ3) is 5.24. The molecule has 0 fully saturated rings. The topological polar surface area (TPSA) is 50.4 Å². The second-order valence-electron chi connectivity index (χ2n) is 6.71. The third-order valence-corrected chi connectivity index (χ3v) is 4.19. The Kier molecular flexibility index (Phi) is 6.45. The molecule has 1 atom stereocenters. The maximum absolute atomic E-state index is 12.1. The predicted octanol–water partition coefficient (Wildman–Crippen LogP) is 4.36. The molecule has 0 spiro atoms. The summed E-state index contributed by atoms with van der Waals surface area (Å²) in [5.74, 6) is 1.21. The number of aryl methyl sites for hydroxylation is 1. The molecule has 0 saturated carbocycles. The molecule has 0 saturated heterocycles. The summed E-state index contributed by atoms with van der Waals surface area (Å²) < 4.78 is 5.20. The largest absolute Gasteiger partial charge is 0.497 e. The molecule has 0 radical (unpaired) electrons. The van der Waals surface area contributed by atoms with E-state index in [4.69, 9.17) is 4.74 Å². The zero-order valence-corrected chi connectivity index (χ0v) is 15.7. The maximum atomic E-state index is 12.1. The van der Waals surface area contributed by atoms with Crippen LogP contribution in [-0.2, 0) is 0 Å². The van der Waals surface area contributed by atoms with Gasteiger partial charge in [-0.3, -0.25) is 4.79 Å². The van der Waals surface area contributed by atoms with E-state index in [0.29, 0.717) is 11.5 Å². The number of nitrogens with one attached hydrogen (secondary N) is 2. The second-order valence-corrected chi connectivity index (χ2v) is 6.71. The smallest absolute Gasteiger partial charge is 0.251 e. The van der Waals surface area contributed by atoms with Gasteiger partial charge < -0.3 is 15.4 Å². The Morgan fingerprint density at radius 1 is 1.08 bits per heavy atom. The van der Waals surface area contributed by atoms with Gasteiger partial charge in [-0.05, 0) is 68.1 Å². The molecule has 0 aliphatic carbocycles. The van der Waals surface area contributed by atoms with Gasteiger partial charge in [0, 0.05) is 23.8 Å². The maximum Gasteiger partial charge on any atom is 0.251 e. The number of carbonyl (C=O) groups excluding carboxylic acids is 1. The van der Waals surface area contributed by atoms with Crippen LogP contribution in [-0.4, -0.2) is 25.6 Å². The van der Waals surface area contributed by atoms with Crippen LogP contribution in [0.15, 0.2) is 42.5 Å². The molecule has 0 aliphatic heterocycles. The second kappa shape index (κ2) is 8.56. The lowest BCUT2D eigenvalue weighted by atomic mass is 10.0. The Bertz CT molecular complexity index is 708. The highest BCUT2D eigenvalue weighted by Crippen LogP contribution is 2.22. The van der Waals surface area contributed by atoms with Crippen molar-refractivity contribution in [3.63, 3.8) is 0 Å². The summed E-state index contributed by atoms with van der Waals surface area (Å²) >= 11 is 0. The monoisotopic (exact) mass is 340 g/mol. The van der Waals surface area contributed by atoms with Gasteiger partial charge in [-0.2, -0.15) is 0 Å². The summed E-state index contributed by atoms with van der Waals surface area (Å²) in [4.78, 5) is 12.1. The number of hydrogen-bond acceptors (Lipinski definition) is 3. The van der Waals surface area contributed by atoms with E-state index in [0.717, 1.165) is 23.5 Å². The minimum atomic E-state index is -0.0312. The van der Waals surface area contributed by atoms with Crippen LogP contribution in [0.3, 0.4) is 0 Å². The average molecular weight is 340 g/mol. The summed E-state index contributed by atoms with van der Waals surface area (Å²) in [5, 5.41) is 6.40. The van der Waals surface area contributed by atoms with Crippen molar-refractivity contribution in [1.29, 1.82) is 0 Å². The molecular weight excluding hydrogens is 312 g/mol. The lowest BCUT2D eigenvalue weighted by Crippen LogP contribution is -2.30. The van der Waals surface area contributed by atoms with Gasteiger partial charge in [0.2, 0.25) is 0 Å². The molecular formula is C21H28N2O2. The van der Waals surface area contributed by atoms with Crippen LogP contribution in [0, 0.1) is 6.92 Å². The first kappa shape index (κ1) is 18.8. The minimum Gasteiger partial charge on any atom is -0.497 e. The molecule has 2 aromatic carbocycles. The molecule has 2 aromatic rings. The molecule has 0 aliphatic rings. The Morgan fingerprint density at radius 3 is 2.32 bits per heavy atom. The molecule has 2 rings (SSSR count). The summed E-state index contributed by atoms with van der Waals surface area (Å²) in [6.45, 7) is 8.95. The fraction of sp³-hybridized carbons (Fsp3) is 0.381. The number of ether oxygens (including phenoxy) is 1. The minimum absolute atomic E-state index is 0.0312. The van der Waals surface area contributed by atoms with E-state index in [-0.39, 0.29) is 11.9 Å². The number of carbonyl (C=O) groups is 1. The van der Waals surface area contributed by atoms with Crippen LogP contribution in [0.1, 0.15) is 48.2 Å². The Labute approximate surface area is 150 Å². The van der Waals surface area contributed by atoms with Gasteiger partial charge in [0.25, 0.3) is 5.91 Å². The van der Waals surface area contributed by atoms with Crippen molar-refractivity contribution in [2.24, 2.45) is 0 Å². The molecule has 2 N–H and O–H groups in total. The van der Waals surface area contributed by atoms with Crippen LogP contribution < -0.4 is 15.4 Å². The zero-order chi connectivity index (χ0) is 18.4. The standard InChI is InChI=1S/C21H28N2O2/c1-14(2)23-21(24)18-8-11-20(15(3)12-18)22-13-16(4)17-6-9-19(25-5)10-7-17/h6-12,14,16,22H,13H2,1-5H3,(H,23,24). The van der Waals surface area contributed by atoms with E-state index < -0.39 is 0 Å². The van der Waals surface area contributed by atoms with Crippen molar-refractivity contribution in [2.45, 2.75) is 39.7 Å². The van der Waals surface area contributed by atoms with E-state index in [1.54, 1.807) is 7.11 Å². The van der Waals surface area contributed by atoms with Crippen LogP contribution in [0.25, 0.3) is 0 Å². The fourth-order valence-electron chi connectivity index (χ4n) is 2.66. The van der Waals surface area contributed by atoms with Crippen molar-refractivity contribution in [3.8, 4) is 5.75 Å². The normalized spacial score (nSPS) is 11.9. The van der Waals surface area contributed by atoms with Crippen molar-refractivity contribution in [1.82, 2.24) is 5.32 Å². The molecule has 0 heterocycles. The van der Waals surface area contributed by atoms with Gasteiger partial charge in [-0.1, -0.05) is 19.1 Å². The molecule has 1 amide bonds. The lowest BCUT2D eigenvalue weighted by molar-refractivity contribution is 0.0943. The van der Waals surface area contributed by atoms with E-state index >= 15 is 0 Å². The number of rotatable bonds is 7. The van der Waals surface area contributed by atoms with Gasteiger partial charge in [0.1, 0.15) is 5.75 Å². The summed E-state index contributed by atoms with van der Waals surface area (Å²) in [6, 6.07) is 14.1. The molecule has 25 heavy (non-hydrogen) atoms. The molecule has 134 valence electrons. The first-order valence-electron chi connectivity index (χ1n) is 8.70. The van der Waals surface area contributed by atoms with Gasteiger partial charge in [0.05, 0.1) is 7.11 Å². The number of anilines is 1. The molecule has 4 heteroatoms. The van der Waals surface area contributed by atoms with E-state index in [1.165, 1.54) is 5.56 Å². The van der Waals surface area contributed by atoms with E-state index in [2.05, 4.69) is 29.7 Å². The predicted molar refractivity (Wildman–Crippen MR) is 104 cm³/mol. The molecule has 0 aromatic heterocycles. The first-order valence-corrected chi connectivity index (χ1v) is 8.70. The van der Waals surface area contributed by atoms with Crippen molar-refractivity contribution in [2.75, 3.05) is 19.0 Å². The number of amides is 1. The van der Waals surface area contributed by atoms with Crippen molar-refractivity contribution >= 4 is 11.6 Å². The fourth-order valence-corrected chi connectivity index (χ4v) is 2.66. The molecule has 0 bridgehead atoms. The Morgan fingerprint density at radius 2 is 1.76 bits per heavy atom. The highest BCUT2D eigenvalue weighted by molar-refractivity contribution is 5.95. The quantitative estimate of drug-likeness (QED) is 0.787. The van der Waals surface area contributed by atoms with E-state index in [9.17, 15) is 4.79 Å². The van der Waals surface area contributed by atoms with Gasteiger partial charge in [0.15, 0.2) is 0 Å². The molecule has 4 nitrogen and oxygen atoms in total. The zero-order valence-electron chi connectivity index (χ0n) is 15.7. The Hall–Kier alpha value is -2.49. The lowest BCUT2D eigenvalue weighted by Gasteiger charge is -2.17. The van der Waals surface area contributed by atoms with E-state index in [1.807, 2.05) is 51.1 Å². The summed E-state index contributed by atoms with van der Waals surface area (Å²) in [7, 11) is 1.67. The van der Waals surface area contributed by atoms with Crippen LogP contribution >= 0.6 is 0 Å². The van der Waals surface area contributed by atoms with Crippen molar-refractivity contribution in [3.05, 3.63) is 59.2 Å². The van der Waals surface area contributed by atoms with Crippen LogP contribution in [0.2, 0.25) is 0 Å². The van der Waals surface area contributed by atoms with Gasteiger partial charge in [-0.15, -0.1) is 0 Å². The summed E-state index contributed by atoms with van der Waals surface area (Å²) in [5.41, 5.74) is 4.08. The number of benzene rings is 2. The number of hydrogen-bond donors (Lipinski definition) is 2. The first-order chi connectivity index (χ1) is 11.9. The Balaban J connectivity index is 1.99. The highest BCUT2D eigenvalue weighted by atomic mass is 16.5. The van der Waals surface area contributed by atoms with Gasteiger partial charge >= 0.3 is 0 Å².